The molecule has 0 saturated heterocycles. The molecule has 3 nitrogen and oxygen atoms in total. The highest BCUT2D eigenvalue weighted by Gasteiger charge is 2.43. The zero-order valence-corrected chi connectivity index (χ0v) is 15.5. The van der Waals surface area contributed by atoms with Crippen molar-refractivity contribution < 1.29 is 13.3 Å². The molecule has 0 radical (unpaired) electrons. The van der Waals surface area contributed by atoms with E-state index in [9.17, 15) is 0 Å². The summed E-state index contributed by atoms with van der Waals surface area (Å²) >= 11 is 0. The van der Waals surface area contributed by atoms with Crippen LogP contribution < -0.4 is 5.19 Å². The molecule has 0 aliphatic rings. The zero-order valence-electron chi connectivity index (χ0n) is 14.5. The molecule has 22 heavy (non-hydrogen) atoms. The van der Waals surface area contributed by atoms with Crippen LogP contribution in [0.3, 0.4) is 0 Å². The normalized spacial score (nSPS) is 11.8. The van der Waals surface area contributed by atoms with Crippen LogP contribution in [0.1, 0.15) is 59.3 Å². The Morgan fingerprint density at radius 2 is 1.32 bits per heavy atom. The number of benzene rings is 1. The summed E-state index contributed by atoms with van der Waals surface area (Å²) < 4.78 is 18.2. The molecule has 0 heterocycles. The number of hydrogen-bond donors (Lipinski definition) is 0. The molecule has 0 spiro atoms. The van der Waals surface area contributed by atoms with Crippen molar-refractivity contribution in [2.45, 2.75) is 59.3 Å². The highest BCUT2D eigenvalue weighted by molar-refractivity contribution is 6.75. The summed E-state index contributed by atoms with van der Waals surface area (Å²) in [5, 5.41) is 1.06. The van der Waals surface area contributed by atoms with Gasteiger partial charge in [0.2, 0.25) is 0 Å². The second-order valence-electron chi connectivity index (χ2n) is 5.40. The molecule has 0 aliphatic carbocycles. The third-order valence-corrected chi connectivity index (χ3v) is 6.55. The van der Waals surface area contributed by atoms with E-state index < -0.39 is 8.80 Å². The van der Waals surface area contributed by atoms with E-state index >= 15 is 0 Å². The topological polar surface area (TPSA) is 27.7 Å². The molecular weight excluding hydrogens is 292 g/mol. The molecule has 4 heteroatoms. The second kappa shape index (κ2) is 11.8. The standard InChI is InChI=1S/C18H32O3Si/c1-4-7-8-9-10-14-17-21-22(19-5-2,20-6-3)18-15-12-11-13-16-18/h11-13,15-16H,4-10,14,17H2,1-3H3. The molecule has 1 aromatic rings. The van der Waals surface area contributed by atoms with Crippen LogP contribution >= 0.6 is 0 Å². The van der Waals surface area contributed by atoms with E-state index in [4.69, 9.17) is 13.3 Å². The Hall–Kier alpha value is -0.683. The summed E-state index contributed by atoms with van der Waals surface area (Å²) in [5.74, 6) is 0. The van der Waals surface area contributed by atoms with Gasteiger partial charge in [-0.3, -0.25) is 0 Å². The van der Waals surface area contributed by atoms with Crippen LogP contribution in [-0.2, 0) is 13.3 Å². The summed E-state index contributed by atoms with van der Waals surface area (Å²) in [6.07, 6.45) is 7.54. The minimum absolute atomic E-state index is 0.609. The van der Waals surface area contributed by atoms with Gasteiger partial charge in [0.1, 0.15) is 0 Å². The van der Waals surface area contributed by atoms with E-state index in [1.54, 1.807) is 0 Å². The average Bonchev–Trinajstić information content (AvgIpc) is 2.55. The maximum Gasteiger partial charge on any atom is 0.537 e. The van der Waals surface area contributed by atoms with Gasteiger partial charge in [0, 0.05) is 25.0 Å². The summed E-state index contributed by atoms with van der Waals surface area (Å²) in [5.41, 5.74) is 0. The van der Waals surface area contributed by atoms with Crippen molar-refractivity contribution in [3.63, 3.8) is 0 Å². The van der Waals surface area contributed by atoms with Crippen molar-refractivity contribution in [1.29, 1.82) is 0 Å². The van der Waals surface area contributed by atoms with Gasteiger partial charge in [-0.05, 0) is 20.3 Å². The van der Waals surface area contributed by atoms with E-state index in [1.165, 1.54) is 32.1 Å². The fourth-order valence-electron chi connectivity index (χ4n) is 2.49. The molecule has 126 valence electrons. The molecule has 0 amide bonds. The Kier molecular flexibility index (Phi) is 10.4. The van der Waals surface area contributed by atoms with Crippen LogP contribution in [0.2, 0.25) is 0 Å². The third kappa shape index (κ3) is 6.61. The predicted molar refractivity (Wildman–Crippen MR) is 94.4 cm³/mol. The van der Waals surface area contributed by atoms with E-state index in [0.29, 0.717) is 19.8 Å². The van der Waals surface area contributed by atoms with Crippen molar-refractivity contribution >= 4 is 14.0 Å². The summed E-state index contributed by atoms with van der Waals surface area (Å²) in [6, 6.07) is 10.2. The molecule has 0 atom stereocenters. The molecule has 1 rings (SSSR count). The maximum absolute atomic E-state index is 6.20. The molecule has 0 saturated carbocycles. The molecule has 0 aliphatic heterocycles. The monoisotopic (exact) mass is 324 g/mol. The van der Waals surface area contributed by atoms with Crippen molar-refractivity contribution in [3.05, 3.63) is 30.3 Å². The van der Waals surface area contributed by atoms with Gasteiger partial charge in [0.05, 0.1) is 0 Å². The predicted octanol–water partition coefficient (Wildman–Crippen LogP) is 4.28. The molecule has 0 unspecified atom stereocenters. The summed E-state index contributed by atoms with van der Waals surface area (Å²) in [4.78, 5) is 0. The first-order valence-electron chi connectivity index (χ1n) is 8.76. The van der Waals surface area contributed by atoms with Crippen LogP contribution in [0.5, 0.6) is 0 Å². The van der Waals surface area contributed by atoms with Gasteiger partial charge in [-0.2, -0.15) is 0 Å². The molecule has 0 fully saturated rings. The Balaban J connectivity index is 2.55. The fraction of sp³-hybridized carbons (Fsp3) is 0.667. The van der Waals surface area contributed by atoms with Gasteiger partial charge >= 0.3 is 8.80 Å². The first-order chi connectivity index (χ1) is 10.8. The second-order valence-corrected chi connectivity index (χ2v) is 7.96. The van der Waals surface area contributed by atoms with Gasteiger partial charge in [-0.15, -0.1) is 0 Å². The van der Waals surface area contributed by atoms with E-state index in [2.05, 4.69) is 19.1 Å². The minimum Gasteiger partial charge on any atom is -0.370 e. The van der Waals surface area contributed by atoms with Crippen LogP contribution in [-0.4, -0.2) is 28.6 Å². The lowest BCUT2D eigenvalue weighted by molar-refractivity contribution is 0.0798. The van der Waals surface area contributed by atoms with Crippen molar-refractivity contribution in [1.82, 2.24) is 0 Å². The Labute approximate surface area is 137 Å². The minimum atomic E-state index is -2.75. The molecule has 1 aromatic carbocycles. The lowest BCUT2D eigenvalue weighted by Gasteiger charge is -2.29. The Morgan fingerprint density at radius 1 is 0.727 bits per heavy atom. The maximum atomic E-state index is 6.20. The lowest BCUT2D eigenvalue weighted by Crippen LogP contribution is -2.57. The van der Waals surface area contributed by atoms with Crippen molar-refractivity contribution in [2.24, 2.45) is 0 Å². The zero-order chi connectivity index (χ0) is 16.1. The quantitative estimate of drug-likeness (QED) is 0.400. The molecule has 0 N–H and O–H groups in total. The van der Waals surface area contributed by atoms with E-state index in [0.717, 1.165) is 11.6 Å². The van der Waals surface area contributed by atoms with Crippen LogP contribution in [0.25, 0.3) is 0 Å². The third-order valence-electron chi connectivity index (χ3n) is 3.59. The summed E-state index contributed by atoms with van der Waals surface area (Å²) in [6.45, 7) is 8.17. The largest absolute Gasteiger partial charge is 0.537 e. The van der Waals surface area contributed by atoms with E-state index in [-0.39, 0.29) is 0 Å². The van der Waals surface area contributed by atoms with Gasteiger partial charge in [-0.25, -0.2) is 0 Å². The van der Waals surface area contributed by atoms with Crippen molar-refractivity contribution in [3.8, 4) is 0 Å². The average molecular weight is 325 g/mol. The van der Waals surface area contributed by atoms with Crippen LogP contribution in [0.4, 0.5) is 0 Å². The lowest BCUT2D eigenvalue weighted by atomic mass is 10.1. The molecule has 0 aromatic heterocycles. The molecule has 0 bridgehead atoms. The Morgan fingerprint density at radius 3 is 1.91 bits per heavy atom. The first kappa shape index (κ1) is 19.4. The highest BCUT2D eigenvalue weighted by atomic mass is 28.4. The summed E-state index contributed by atoms with van der Waals surface area (Å²) in [7, 11) is -2.75. The number of unbranched alkanes of at least 4 members (excludes halogenated alkanes) is 5. The number of hydrogen-bond acceptors (Lipinski definition) is 3. The fourth-order valence-corrected chi connectivity index (χ4v) is 5.01. The van der Waals surface area contributed by atoms with Crippen LogP contribution in [0, 0.1) is 0 Å². The number of rotatable bonds is 13. The smallest absolute Gasteiger partial charge is 0.370 e. The van der Waals surface area contributed by atoms with Gasteiger partial charge in [-0.1, -0.05) is 69.4 Å². The highest BCUT2D eigenvalue weighted by Crippen LogP contribution is 2.13. The van der Waals surface area contributed by atoms with Crippen molar-refractivity contribution in [2.75, 3.05) is 19.8 Å². The molecular formula is C18H32O3Si. The SMILES string of the molecule is CCCCCCCCO[Si](OCC)(OCC)c1ccccc1. The Bertz CT molecular complexity index is 364. The first-order valence-corrected chi connectivity index (χ1v) is 10.5. The van der Waals surface area contributed by atoms with Gasteiger partial charge < -0.3 is 13.3 Å². The van der Waals surface area contributed by atoms with E-state index in [1.807, 2.05) is 32.0 Å². The van der Waals surface area contributed by atoms with Crippen LogP contribution in [0.15, 0.2) is 30.3 Å². The van der Waals surface area contributed by atoms with Gasteiger partial charge in [0.15, 0.2) is 0 Å². The van der Waals surface area contributed by atoms with Gasteiger partial charge in [0.25, 0.3) is 0 Å².